The first-order valence-electron chi connectivity index (χ1n) is 10.7. The van der Waals surface area contributed by atoms with Crippen molar-refractivity contribution >= 4 is 35.8 Å². The normalized spacial score (nSPS) is 21.1. The summed E-state index contributed by atoms with van der Waals surface area (Å²) >= 11 is 0. The number of guanidine groups is 1. The molecule has 2 aliphatic carbocycles. The summed E-state index contributed by atoms with van der Waals surface area (Å²) in [5.74, 6) is 1.82. The predicted molar refractivity (Wildman–Crippen MR) is 128 cm³/mol. The number of likely N-dealkylation sites (N-methyl/N-ethyl adjacent to an activating group) is 1. The topological polar surface area (TPSA) is 60.0 Å². The van der Waals surface area contributed by atoms with Gasteiger partial charge in [0, 0.05) is 40.3 Å². The van der Waals surface area contributed by atoms with Crippen molar-refractivity contribution in [3.8, 4) is 0 Å². The number of amides is 1. The summed E-state index contributed by atoms with van der Waals surface area (Å²) < 4.78 is 0. The maximum absolute atomic E-state index is 12.7. The largest absolute Gasteiger partial charge is 0.355 e. The third kappa shape index (κ3) is 6.75. The predicted octanol–water partition coefficient (Wildman–Crippen LogP) is 2.93. The maximum atomic E-state index is 12.7. The minimum atomic E-state index is -0.272. The molecule has 0 bridgehead atoms. The van der Waals surface area contributed by atoms with Gasteiger partial charge in [-0.15, -0.1) is 24.0 Å². The van der Waals surface area contributed by atoms with E-state index in [1.165, 1.54) is 32.1 Å². The third-order valence-electron chi connectivity index (χ3n) is 6.57. The average molecular weight is 508 g/mol. The Morgan fingerprint density at radius 2 is 1.64 bits per heavy atom. The van der Waals surface area contributed by atoms with E-state index < -0.39 is 0 Å². The van der Waals surface area contributed by atoms with Crippen molar-refractivity contribution in [2.75, 3.05) is 48.3 Å². The molecule has 2 saturated carbocycles. The lowest BCUT2D eigenvalue weighted by Crippen LogP contribution is -2.52. The first kappa shape index (κ1) is 25.5. The number of halogens is 1. The van der Waals surface area contributed by atoms with E-state index in [9.17, 15) is 4.79 Å². The van der Waals surface area contributed by atoms with Gasteiger partial charge in [0.25, 0.3) is 0 Å². The Kier molecular flexibility index (Phi) is 11.1. The number of nitrogens with one attached hydrogen (secondary N) is 2. The Morgan fingerprint density at radius 1 is 1.04 bits per heavy atom. The Bertz CT molecular complexity index is 497. The molecule has 0 aromatic heterocycles. The van der Waals surface area contributed by atoms with Crippen molar-refractivity contribution in [2.45, 2.75) is 63.8 Å². The number of hydrogen-bond acceptors (Lipinski definition) is 3. The highest BCUT2D eigenvalue weighted by atomic mass is 127. The maximum Gasteiger partial charge on any atom is 0.230 e. The van der Waals surface area contributed by atoms with Crippen LogP contribution in [0.4, 0.5) is 0 Å². The summed E-state index contributed by atoms with van der Waals surface area (Å²) in [5, 5.41) is 6.99. The summed E-state index contributed by atoms with van der Waals surface area (Å²) in [6.45, 7) is 1.56. The number of rotatable bonds is 7. The Morgan fingerprint density at radius 3 is 2.14 bits per heavy atom. The minimum Gasteiger partial charge on any atom is -0.355 e. The zero-order valence-corrected chi connectivity index (χ0v) is 20.9. The highest BCUT2D eigenvalue weighted by Crippen LogP contribution is 2.38. The second-order valence-electron chi connectivity index (χ2n) is 8.92. The number of carbonyl (C=O) groups is 1. The third-order valence-corrected chi connectivity index (χ3v) is 6.57. The molecule has 2 aliphatic rings. The van der Waals surface area contributed by atoms with E-state index in [-0.39, 0.29) is 35.3 Å². The van der Waals surface area contributed by atoms with Crippen molar-refractivity contribution in [3.63, 3.8) is 0 Å². The van der Waals surface area contributed by atoms with Gasteiger partial charge in [-0.3, -0.25) is 9.79 Å². The van der Waals surface area contributed by atoms with Crippen LogP contribution in [0.2, 0.25) is 0 Å². The van der Waals surface area contributed by atoms with Crippen LogP contribution in [0.1, 0.15) is 57.8 Å². The van der Waals surface area contributed by atoms with Crippen LogP contribution < -0.4 is 10.6 Å². The molecule has 7 heteroatoms. The van der Waals surface area contributed by atoms with Gasteiger partial charge in [-0.1, -0.05) is 32.1 Å². The van der Waals surface area contributed by atoms with Crippen LogP contribution in [0.25, 0.3) is 0 Å². The fourth-order valence-electron chi connectivity index (χ4n) is 4.96. The molecule has 0 aliphatic heterocycles. The number of carbonyl (C=O) groups excluding carboxylic acids is 1. The first-order valence-corrected chi connectivity index (χ1v) is 10.7. The lowest BCUT2D eigenvalue weighted by molar-refractivity contribution is -0.138. The molecule has 0 heterocycles. The molecule has 2 fully saturated rings. The average Bonchev–Trinajstić information content (AvgIpc) is 3.14. The lowest BCUT2D eigenvalue weighted by atomic mass is 9.83. The molecule has 1 amide bonds. The van der Waals surface area contributed by atoms with Crippen LogP contribution in [0.15, 0.2) is 4.99 Å². The SMILES string of the molecule is CN=C(NCC(C1CCCCC1)N(C)C)NCC1(C(=O)N(C)C)CCCC1.I. The summed E-state index contributed by atoms with van der Waals surface area (Å²) in [5.41, 5.74) is -0.272. The van der Waals surface area contributed by atoms with Crippen molar-refractivity contribution in [1.29, 1.82) is 0 Å². The van der Waals surface area contributed by atoms with Crippen LogP contribution >= 0.6 is 24.0 Å². The van der Waals surface area contributed by atoms with Crippen LogP contribution in [0.5, 0.6) is 0 Å². The van der Waals surface area contributed by atoms with Gasteiger partial charge in [0.05, 0.1) is 5.41 Å². The zero-order chi connectivity index (χ0) is 19.9. The lowest BCUT2D eigenvalue weighted by Gasteiger charge is -2.35. The monoisotopic (exact) mass is 507 g/mol. The van der Waals surface area contributed by atoms with E-state index in [2.05, 4.69) is 34.6 Å². The van der Waals surface area contributed by atoms with Crippen LogP contribution in [-0.2, 0) is 4.79 Å². The van der Waals surface area contributed by atoms with Crippen LogP contribution in [0.3, 0.4) is 0 Å². The highest BCUT2D eigenvalue weighted by Gasteiger charge is 2.42. The van der Waals surface area contributed by atoms with Crippen LogP contribution in [-0.4, -0.2) is 76.0 Å². The van der Waals surface area contributed by atoms with E-state index >= 15 is 0 Å². The van der Waals surface area contributed by atoms with Gasteiger partial charge in [-0.25, -0.2) is 0 Å². The van der Waals surface area contributed by atoms with E-state index in [4.69, 9.17) is 0 Å². The molecule has 0 saturated heterocycles. The van der Waals surface area contributed by atoms with E-state index in [0.29, 0.717) is 12.6 Å². The standard InChI is InChI=1S/C21H41N5O.HI/c1-22-20(23-15-18(25(2)3)17-11-7-6-8-12-17)24-16-21(13-9-10-14-21)19(27)26(4)5;/h17-18H,6-16H2,1-5H3,(H2,22,23,24);1H. The number of hydrogen-bond donors (Lipinski definition) is 2. The smallest absolute Gasteiger partial charge is 0.230 e. The highest BCUT2D eigenvalue weighted by molar-refractivity contribution is 14.0. The molecule has 0 aromatic carbocycles. The second kappa shape index (κ2) is 12.2. The van der Waals surface area contributed by atoms with Gasteiger partial charge in [-0.05, 0) is 45.7 Å². The minimum absolute atomic E-state index is 0. The molecule has 0 aromatic rings. The molecule has 0 radical (unpaired) electrons. The Hall–Kier alpha value is -0.570. The van der Waals surface area contributed by atoms with Gasteiger partial charge in [0.15, 0.2) is 5.96 Å². The molecule has 28 heavy (non-hydrogen) atoms. The summed E-state index contributed by atoms with van der Waals surface area (Å²) in [4.78, 5) is 21.3. The summed E-state index contributed by atoms with van der Waals surface area (Å²) in [6, 6.07) is 0.521. The molecule has 1 unspecified atom stereocenters. The van der Waals surface area contributed by atoms with Gasteiger partial charge < -0.3 is 20.4 Å². The molecule has 2 N–H and O–H groups in total. The van der Waals surface area contributed by atoms with Crippen LogP contribution in [0, 0.1) is 11.3 Å². The Labute approximate surface area is 189 Å². The molecule has 164 valence electrons. The quantitative estimate of drug-likeness (QED) is 0.316. The van der Waals surface area contributed by atoms with Gasteiger partial charge in [-0.2, -0.15) is 0 Å². The van der Waals surface area contributed by atoms with Crippen molar-refractivity contribution in [3.05, 3.63) is 0 Å². The zero-order valence-electron chi connectivity index (χ0n) is 18.6. The van der Waals surface area contributed by atoms with E-state index in [0.717, 1.165) is 44.1 Å². The molecule has 1 atom stereocenters. The van der Waals surface area contributed by atoms with E-state index in [1.54, 1.807) is 4.90 Å². The molecule has 2 rings (SSSR count). The van der Waals surface area contributed by atoms with Crippen molar-refractivity contribution in [1.82, 2.24) is 20.4 Å². The van der Waals surface area contributed by atoms with Crippen molar-refractivity contribution in [2.24, 2.45) is 16.3 Å². The Balaban J connectivity index is 0.00000392. The second-order valence-corrected chi connectivity index (χ2v) is 8.92. The van der Waals surface area contributed by atoms with Gasteiger partial charge in [0.2, 0.25) is 5.91 Å². The molecule has 0 spiro atoms. The fraction of sp³-hybridized carbons (Fsp3) is 0.905. The van der Waals surface area contributed by atoms with Gasteiger partial charge >= 0.3 is 0 Å². The fourth-order valence-corrected chi connectivity index (χ4v) is 4.96. The van der Waals surface area contributed by atoms with E-state index in [1.807, 2.05) is 21.1 Å². The molecular formula is C21H42IN5O. The van der Waals surface area contributed by atoms with Gasteiger partial charge in [0.1, 0.15) is 0 Å². The summed E-state index contributed by atoms with van der Waals surface area (Å²) in [6.07, 6.45) is 11.0. The number of aliphatic imine (C=N–C) groups is 1. The van der Waals surface area contributed by atoms with Crippen molar-refractivity contribution < 1.29 is 4.79 Å². The number of nitrogens with zero attached hydrogens (tertiary/aromatic N) is 3. The summed E-state index contributed by atoms with van der Waals surface area (Å²) in [7, 11) is 9.90. The first-order chi connectivity index (χ1) is 12.9. The molecule has 6 nitrogen and oxygen atoms in total. The molecular weight excluding hydrogens is 465 g/mol.